The monoisotopic (exact) mass is 249 g/mol. The van der Waals surface area contributed by atoms with Crippen LogP contribution in [0, 0.1) is 16.6 Å². The van der Waals surface area contributed by atoms with Crippen LogP contribution in [0.1, 0.15) is 5.56 Å². The second-order valence-corrected chi connectivity index (χ2v) is 3.71. The summed E-state index contributed by atoms with van der Waals surface area (Å²) in [4.78, 5) is 1.32. The largest absolute Gasteiger partial charge is 0.381 e. The zero-order valence-corrected chi connectivity index (χ0v) is 10.1. The molecule has 0 saturated heterocycles. The molecule has 5 nitrogen and oxygen atoms in total. The van der Waals surface area contributed by atoms with E-state index in [1.54, 1.807) is 25.2 Å². The van der Waals surface area contributed by atoms with Crippen molar-refractivity contribution < 1.29 is 4.39 Å². The molecular formula is C12H16FN5. The maximum Gasteiger partial charge on any atom is 0.168 e. The molecule has 0 heterocycles. The zero-order valence-electron chi connectivity index (χ0n) is 10.1. The maximum absolute atomic E-state index is 13.3. The highest BCUT2D eigenvalue weighted by Gasteiger charge is 2.10. The molecule has 0 aliphatic carbocycles. The first kappa shape index (κ1) is 13.7. The number of amidine groups is 2. The highest BCUT2D eigenvalue weighted by molar-refractivity contribution is 6.37. The second-order valence-electron chi connectivity index (χ2n) is 3.71. The van der Waals surface area contributed by atoms with Gasteiger partial charge >= 0.3 is 0 Å². The van der Waals surface area contributed by atoms with Gasteiger partial charge in [-0.15, -0.1) is 0 Å². The summed E-state index contributed by atoms with van der Waals surface area (Å²) in [5.41, 5.74) is 5.70. The van der Waals surface area contributed by atoms with Gasteiger partial charge in [0.05, 0.1) is 5.82 Å². The van der Waals surface area contributed by atoms with Crippen LogP contribution in [0.2, 0.25) is 0 Å². The van der Waals surface area contributed by atoms with Crippen LogP contribution in [0.5, 0.6) is 0 Å². The third-order valence-electron chi connectivity index (χ3n) is 2.44. The summed E-state index contributed by atoms with van der Waals surface area (Å²) in [7, 11) is 1.56. The van der Waals surface area contributed by atoms with E-state index in [-0.39, 0.29) is 24.0 Å². The van der Waals surface area contributed by atoms with Crippen molar-refractivity contribution in [1.82, 2.24) is 10.2 Å². The van der Waals surface area contributed by atoms with Crippen molar-refractivity contribution in [3.05, 3.63) is 48.0 Å². The number of halogens is 1. The Morgan fingerprint density at radius 1 is 1.44 bits per heavy atom. The Balaban J connectivity index is 2.59. The number of nitrogens with one attached hydrogen (secondary N) is 3. The van der Waals surface area contributed by atoms with Crippen molar-refractivity contribution in [3.8, 4) is 0 Å². The van der Waals surface area contributed by atoms with Crippen molar-refractivity contribution in [2.24, 2.45) is 5.73 Å². The van der Waals surface area contributed by atoms with Gasteiger partial charge in [0.1, 0.15) is 5.82 Å². The molecular weight excluding hydrogens is 233 g/mol. The SMILES string of the molecule is C=C(NCc1ccccc1F)N(C)C(=N)C(=N)N. The molecule has 0 radical (unpaired) electrons. The molecule has 0 bridgehead atoms. The molecule has 0 aliphatic rings. The van der Waals surface area contributed by atoms with E-state index >= 15 is 0 Å². The van der Waals surface area contributed by atoms with Crippen molar-refractivity contribution in [2.75, 3.05) is 7.05 Å². The van der Waals surface area contributed by atoms with Gasteiger partial charge in [0.25, 0.3) is 0 Å². The normalized spacial score (nSPS) is 9.67. The second kappa shape index (κ2) is 5.81. The lowest BCUT2D eigenvalue weighted by Crippen LogP contribution is -2.39. The van der Waals surface area contributed by atoms with Gasteiger partial charge in [-0.05, 0) is 6.07 Å². The summed E-state index contributed by atoms with van der Waals surface area (Å²) >= 11 is 0. The fourth-order valence-corrected chi connectivity index (χ4v) is 1.27. The fraction of sp³-hybridized carbons (Fsp3) is 0.167. The minimum absolute atomic E-state index is 0.166. The summed E-state index contributed by atoms with van der Waals surface area (Å²) in [5, 5.41) is 17.5. The first-order valence-corrected chi connectivity index (χ1v) is 5.26. The lowest BCUT2D eigenvalue weighted by Gasteiger charge is -2.22. The van der Waals surface area contributed by atoms with Crippen molar-refractivity contribution in [1.29, 1.82) is 10.8 Å². The smallest absolute Gasteiger partial charge is 0.168 e. The topological polar surface area (TPSA) is 89.0 Å². The third kappa shape index (κ3) is 3.31. The van der Waals surface area contributed by atoms with E-state index in [4.69, 9.17) is 16.6 Å². The van der Waals surface area contributed by atoms with Gasteiger partial charge in [-0.25, -0.2) is 4.39 Å². The molecule has 0 fully saturated rings. The van der Waals surface area contributed by atoms with E-state index in [2.05, 4.69) is 11.9 Å². The quantitative estimate of drug-likeness (QED) is 0.478. The molecule has 0 spiro atoms. The molecule has 0 aliphatic heterocycles. The number of hydrogen-bond donors (Lipinski definition) is 4. The van der Waals surface area contributed by atoms with Crippen LogP contribution in [-0.4, -0.2) is 23.6 Å². The van der Waals surface area contributed by atoms with Gasteiger partial charge in [0, 0.05) is 19.2 Å². The van der Waals surface area contributed by atoms with Gasteiger partial charge in [-0.3, -0.25) is 10.8 Å². The number of rotatable bonds is 4. The van der Waals surface area contributed by atoms with Crippen LogP contribution in [-0.2, 0) is 6.54 Å². The minimum Gasteiger partial charge on any atom is -0.381 e. The molecule has 1 aromatic carbocycles. The average Bonchev–Trinajstić information content (AvgIpc) is 2.35. The fourth-order valence-electron chi connectivity index (χ4n) is 1.27. The molecule has 1 aromatic rings. The molecule has 0 unspecified atom stereocenters. The summed E-state index contributed by atoms with van der Waals surface area (Å²) in [6, 6.07) is 6.39. The van der Waals surface area contributed by atoms with E-state index in [1.165, 1.54) is 11.0 Å². The summed E-state index contributed by atoms with van der Waals surface area (Å²) in [5.74, 6) is -0.451. The number of likely N-dealkylation sites (N-methyl/N-ethyl adjacent to an activating group) is 1. The van der Waals surface area contributed by atoms with Gasteiger partial charge in [-0.2, -0.15) is 0 Å². The predicted molar refractivity (Wildman–Crippen MR) is 69.8 cm³/mol. The van der Waals surface area contributed by atoms with Crippen LogP contribution in [0.15, 0.2) is 36.7 Å². The Hall–Kier alpha value is -2.37. The Morgan fingerprint density at radius 3 is 2.61 bits per heavy atom. The van der Waals surface area contributed by atoms with E-state index in [0.29, 0.717) is 11.4 Å². The van der Waals surface area contributed by atoms with Gasteiger partial charge in [-0.1, -0.05) is 24.8 Å². The van der Waals surface area contributed by atoms with Crippen LogP contribution in [0.4, 0.5) is 4.39 Å². The molecule has 0 saturated carbocycles. The van der Waals surface area contributed by atoms with Crippen LogP contribution < -0.4 is 11.1 Å². The number of nitrogens with two attached hydrogens (primary N) is 1. The molecule has 6 heteroatoms. The highest BCUT2D eigenvalue weighted by atomic mass is 19.1. The standard InChI is InChI=1S/C12H16FN5/c1-8(18(2)12(16)11(14)15)17-7-9-5-3-4-6-10(9)13/h3-6,16-17H,1,7H2,2H3,(H3,14,15). The molecule has 5 N–H and O–H groups in total. The van der Waals surface area contributed by atoms with E-state index in [0.717, 1.165) is 0 Å². The highest BCUT2D eigenvalue weighted by Crippen LogP contribution is 2.06. The molecule has 18 heavy (non-hydrogen) atoms. The van der Waals surface area contributed by atoms with Crippen LogP contribution in [0.25, 0.3) is 0 Å². The van der Waals surface area contributed by atoms with E-state index < -0.39 is 0 Å². The molecule has 0 amide bonds. The predicted octanol–water partition coefficient (Wildman–Crippen LogP) is 1.23. The minimum atomic E-state index is -0.355. The zero-order chi connectivity index (χ0) is 13.7. The van der Waals surface area contributed by atoms with E-state index in [1.807, 2.05) is 0 Å². The van der Waals surface area contributed by atoms with Gasteiger partial charge in [0.2, 0.25) is 0 Å². The third-order valence-corrected chi connectivity index (χ3v) is 2.44. The first-order chi connectivity index (χ1) is 8.43. The summed E-state index contributed by atoms with van der Waals surface area (Å²) in [6.07, 6.45) is 0. The molecule has 96 valence electrons. The van der Waals surface area contributed by atoms with Gasteiger partial charge in [0.15, 0.2) is 11.7 Å². The molecule has 1 rings (SSSR count). The Kier molecular flexibility index (Phi) is 4.42. The number of nitrogens with zero attached hydrogens (tertiary/aromatic N) is 1. The van der Waals surface area contributed by atoms with Crippen LogP contribution >= 0.6 is 0 Å². The van der Waals surface area contributed by atoms with Gasteiger partial charge < -0.3 is 16.0 Å². The maximum atomic E-state index is 13.3. The first-order valence-electron chi connectivity index (χ1n) is 5.26. The summed E-state index contributed by atoms with van der Waals surface area (Å²) < 4.78 is 13.3. The molecule has 0 atom stereocenters. The Bertz CT molecular complexity index is 483. The molecule has 0 aromatic heterocycles. The van der Waals surface area contributed by atoms with Crippen molar-refractivity contribution in [3.63, 3.8) is 0 Å². The van der Waals surface area contributed by atoms with Crippen molar-refractivity contribution >= 4 is 11.7 Å². The number of hydrogen-bond acceptors (Lipinski definition) is 3. The Labute approximate surface area is 105 Å². The van der Waals surface area contributed by atoms with E-state index in [9.17, 15) is 4.39 Å². The number of benzene rings is 1. The average molecular weight is 249 g/mol. The lowest BCUT2D eigenvalue weighted by molar-refractivity contribution is 0.538. The van der Waals surface area contributed by atoms with Crippen molar-refractivity contribution in [2.45, 2.75) is 6.54 Å². The summed E-state index contributed by atoms with van der Waals surface area (Å²) in [6.45, 7) is 3.95. The lowest BCUT2D eigenvalue weighted by atomic mass is 10.2. The van der Waals surface area contributed by atoms with Crippen LogP contribution in [0.3, 0.4) is 0 Å². The Morgan fingerprint density at radius 2 is 2.06 bits per heavy atom.